The van der Waals surface area contributed by atoms with Gasteiger partial charge < -0.3 is 19.9 Å². The quantitative estimate of drug-likeness (QED) is 0.290. The smallest absolute Gasteiger partial charge is 0.325 e. The summed E-state index contributed by atoms with van der Waals surface area (Å²) in [5.74, 6) is 0.503. The van der Waals surface area contributed by atoms with Gasteiger partial charge in [0.1, 0.15) is 18.2 Å². The van der Waals surface area contributed by atoms with Gasteiger partial charge in [-0.25, -0.2) is 4.98 Å². The Morgan fingerprint density at radius 1 is 1.21 bits per heavy atom. The fraction of sp³-hybridized carbons (Fsp3) is 0.360. The normalized spacial score (nSPS) is 13.7. The lowest BCUT2D eigenvalue weighted by Gasteiger charge is -2.23. The Morgan fingerprint density at radius 2 is 1.88 bits per heavy atom. The first-order valence-corrected chi connectivity index (χ1v) is 11.1. The zero-order chi connectivity index (χ0) is 23.8. The van der Waals surface area contributed by atoms with Crippen molar-refractivity contribution in [2.24, 2.45) is 12.8 Å². The van der Waals surface area contributed by atoms with E-state index in [1.807, 2.05) is 49.5 Å². The minimum atomic E-state index is -0.588. The number of nitrogens with two attached hydrogens (primary N) is 1. The summed E-state index contributed by atoms with van der Waals surface area (Å²) < 4.78 is 7.04. The number of imidazole rings is 1. The van der Waals surface area contributed by atoms with E-state index in [0.717, 1.165) is 40.8 Å². The summed E-state index contributed by atoms with van der Waals surface area (Å²) in [4.78, 5) is 31.3. The molecule has 0 saturated heterocycles. The van der Waals surface area contributed by atoms with Gasteiger partial charge in [-0.3, -0.25) is 15.0 Å². The molecule has 1 aliphatic carbocycles. The molecule has 9 heteroatoms. The summed E-state index contributed by atoms with van der Waals surface area (Å²) in [5, 5.41) is 7.53. The average molecular weight is 484 g/mol. The highest BCUT2D eigenvalue weighted by Gasteiger charge is 2.52. The van der Waals surface area contributed by atoms with Gasteiger partial charge in [-0.15, -0.1) is 12.4 Å². The van der Waals surface area contributed by atoms with Gasteiger partial charge in [-0.1, -0.05) is 30.3 Å². The lowest BCUT2D eigenvalue weighted by molar-refractivity contribution is -0.148. The summed E-state index contributed by atoms with van der Waals surface area (Å²) in [7, 11) is 3.63. The van der Waals surface area contributed by atoms with Crippen molar-refractivity contribution in [3.8, 4) is 0 Å². The molecule has 1 fully saturated rings. The number of benzene rings is 2. The molecule has 4 rings (SSSR count). The Bertz CT molecular complexity index is 1230. The first-order chi connectivity index (χ1) is 15.7. The molecule has 0 unspecified atom stereocenters. The van der Waals surface area contributed by atoms with Gasteiger partial charge in [0.05, 0.1) is 23.1 Å². The van der Waals surface area contributed by atoms with E-state index in [2.05, 4.69) is 4.57 Å². The molecular weight excluding hydrogens is 454 g/mol. The summed E-state index contributed by atoms with van der Waals surface area (Å²) in [6.45, 7) is 2.00. The first-order valence-electron chi connectivity index (χ1n) is 11.1. The molecule has 1 amide bonds. The van der Waals surface area contributed by atoms with Crippen LogP contribution in [0.2, 0.25) is 0 Å². The number of nitrogens with one attached hydrogen (secondary N) is 1. The molecule has 0 radical (unpaired) electrons. The molecule has 1 aliphatic rings. The van der Waals surface area contributed by atoms with Crippen molar-refractivity contribution in [3.05, 3.63) is 65.0 Å². The number of aryl methyl sites for hydroxylation is 1. The maximum atomic E-state index is 13.2. The third-order valence-corrected chi connectivity index (χ3v) is 6.33. The van der Waals surface area contributed by atoms with E-state index in [9.17, 15) is 9.59 Å². The van der Waals surface area contributed by atoms with E-state index in [1.54, 1.807) is 14.0 Å². The number of carbonyl (C=O) groups excluding carboxylic acids is 2. The topological polar surface area (TPSA) is 114 Å². The van der Waals surface area contributed by atoms with Crippen LogP contribution < -0.4 is 5.73 Å². The number of nitrogens with zero attached hydrogens (tertiary/aromatic N) is 3. The van der Waals surface area contributed by atoms with E-state index in [0.29, 0.717) is 18.6 Å². The molecule has 1 saturated carbocycles. The van der Waals surface area contributed by atoms with Crippen molar-refractivity contribution in [1.82, 2.24) is 14.5 Å². The van der Waals surface area contributed by atoms with Crippen LogP contribution in [-0.2, 0) is 33.2 Å². The van der Waals surface area contributed by atoms with Gasteiger partial charge in [0.25, 0.3) is 0 Å². The summed E-state index contributed by atoms with van der Waals surface area (Å²) in [5.41, 5.74) is 9.50. The van der Waals surface area contributed by atoms with Crippen LogP contribution in [0, 0.1) is 5.41 Å². The number of likely N-dealkylation sites (N-methyl/N-ethyl adjacent to an activating group) is 1. The SMILES string of the molecule is CCOC(=O)CN(C)C(=O)C1(c2ccc3c(c2)nc(Cc2ccc(C(=N)N)cc2)n3C)CC1.Cl. The van der Waals surface area contributed by atoms with Crippen LogP contribution in [0.15, 0.2) is 42.5 Å². The molecule has 8 nitrogen and oxygen atoms in total. The van der Waals surface area contributed by atoms with E-state index < -0.39 is 11.4 Å². The molecular formula is C25H30ClN5O3. The number of hydrogen-bond acceptors (Lipinski definition) is 5. The molecule has 0 atom stereocenters. The molecule has 0 spiro atoms. The molecule has 180 valence electrons. The van der Waals surface area contributed by atoms with Crippen molar-refractivity contribution >= 4 is 41.2 Å². The minimum Gasteiger partial charge on any atom is -0.465 e. The van der Waals surface area contributed by atoms with E-state index >= 15 is 0 Å². The Morgan fingerprint density at radius 3 is 2.47 bits per heavy atom. The molecule has 3 aromatic rings. The molecule has 1 heterocycles. The second-order valence-corrected chi connectivity index (χ2v) is 8.63. The number of aromatic nitrogens is 2. The number of amides is 1. The van der Waals surface area contributed by atoms with Gasteiger partial charge in [0, 0.05) is 26.1 Å². The average Bonchev–Trinajstić information content (AvgIpc) is 3.54. The number of amidine groups is 1. The molecule has 0 bridgehead atoms. The number of hydrogen-bond donors (Lipinski definition) is 2. The number of esters is 1. The number of ether oxygens (including phenoxy) is 1. The van der Waals surface area contributed by atoms with Gasteiger partial charge >= 0.3 is 5.97 Å². The Hall–Kier alpha value is -3.39. The number of carbonyl (C=O) groups is 2. The van der Waals surface area contributed by atoms with Crippen molar-refractivity contribution in [2.45, 2.75) is 31.6 Å². The predicted molar refractivity (Wildman–Crippen MR) is 133 cm³/mol. The molecule has 1 aromatic heterocycles. The number of nitrogen functional groups attached to an aromatic ring is 1. The zero-order valence-electron chi connectivity index (χ0n) is 19.6. The van der Waals surface area contributed by atoms with Gasteiger partial charge in [-0.2, -0.15) is 0 Å². The fourth-order valence-electron chi connectivity index (χ4n) is 4.28. The second-order valence-electron chi connectivity index (χ2n) is 8.63. The monoisotopic (exact) mass is 483 g/mol. The lowest BCUT2D eigenvalue weighted by Crippen LogP contribution is -2.40. The van der Waals surface area contributed by atoms with Crippen LogP contribution in [0.3, 0.4) is 0 Å². The Balaban J connectivity index is 0.00000324. The molecule has 0 aliphatic heterocycles. The molecule has 34 heavy (non-hydrogen) atoms. The minimum absolute atomic E-state index is 0. The van der Waals surface area contributed by atoms with Crippen molar-refractivity contribution in [3.63, 3.8) is 0 Å². The van der Waals surface area contributed by atoms with Crippen LogP contribution in [0.25, 0.3) is 11.0 Å². The van der Waals surface area contributed by atoms with Crippen LogP contribution in [0.5, 0.6) is 0 Å². The van der Waals surface area contributed by atoms with Crippen molar-refractivity contribution < 1.29 is 14.3 Å². The predicted octanol–water partition coefficient (Wildman–Crippen LogP) is 2.92. The van der Waals surface area contributed by atoms with Crippen LogP contribution in [0.4, 0.5) is 0 Å². The number of halogens is 1. The van der Waals surface area contributed by atoms with E-state index in [1.165, 1.54) is 4.90 Å². The maximum Gasteiger partial charge on any atom is 0.325 e. The van der Waals surface area contributed by atoms with Crippen LogP contribution >= 0.6 is 12.4 Å². The Kier molecular flexibility index (Phi) is 7.31. The van der Waals surface area contributed by atoms with E-state index in [4.69, 9.17) is 20.9 Å². The first kappa shape index (κ1) is 25.2. The summed E-state index contributed by atoms with van der Waals surface area (Å²) >= 11 is 0. The van der Waals surface area contributed by atoms with Crippen LogP contribution in [-0.4, -0.2) is 52.4 Å². The van der Waals surface area contributed by atoms with E-state index in [-0.39, 0.29) is 30.7 Å². The second kappa shape index (κ2) is 9.85. The van der Waals surface area contributed by atoms with Crippen molar-refractivity contribution in [2.75, 3.05) is 20.2 Å². The fourth-order valence-corrected chi connectivity index (χ4v) is 4.28. The largest absolute Gasteiger partial charge is 0.465 e. The van der Waals surface area contributed by atoms with Crippen molar-refractivity contribution in [1.29, 1.82) is 5.41 Å². The Labute approximate surface area is 205 Å². The molecule has 2 aromatic carbocycles. The highest BCUT2D eigenvalue weighted by atomic mass is 35.5. The van der Waals surface area contributed by atoms with Crippen LogP contribution in [0.1, 0.15) is 42.3 Å². The zero-order valence-corrected chi connectivity index (χ0v) is 20.4. The highest BCUT2D eigenvalue weighted by Crippen LogP contribution is 2.50. The third-order valence-electron chi connectivity index (χ3n) is 6.33. The number of rotatable bonds is 8. The summed E-state index contributed by atoms with van der Waals surface area (Å²) in [6.07, 6.45) is 2.16. The third kappa shape index (κ3) is 4.77. The number of fused-ring (bicyclic) bond motifs is 1. The highest BCUT2D eigenvalue weighted by molar-refractivity contribution is 5.95. The van der Waals surface area contributed by atoms with Gasteiger partial charge in [0.15, 0.2) is 0 Å². The standard InChI is InChI=1S/C25H29N5O3.ClH/c1-4-33-22(31)15-29(2)24(32)25(11-12-25)18-9-10-20-19(14-18)28-21(30(20)3)13-16-5-7-17(8-6-16)23(26)27;/h5-10,14H,4,11-13,15H2,1-3H3,(H3,26,27);1H. The van der Waals surface area contributed by atoms with Gasteiger partial charge in [-0.05, 0) is 43.0 Å². The van der Waals surface area contributed by atoms with Gasteiger partial charge in [0.2, 0.25) is 5.91 Å². The molecule has 3 N–H and O–H groups in total. The summed E-state index contributed by atoms with van der Waals surface area (Å²) in [6, 6.07) is 13.6. The maximum absolute atomic E-state index is 13.2. The lowest BCUT2D eigenvalue weighted by atomic mass is 9.94.